The first-order valence-corrected chi connectivity index (χ1v) is 15.5. The van der Waals surface area contributed by atoms with E-state index in [2.05, 4.69) is 47.5 Å². The maximum absolute atomic E-state index is 13.6. The number of amides is 2. The maximum Gasteiger partial charge on any atom is 0.294 e. The first kappa shape index (κ1) is 30.8. The third-order valence-corrected chi connectivity index (χ3v) is 7.74. The van der Waals surface area contributed by atoms with Gasteiger partial charge in [0.1, 0.15) is 0 Å². The fraction of sp³-hybridized carbons (Fsp3) is 0.263. The third-order valence-electron chi connectivity index (χ3n) is 7.74. The van der Waals surface area contributed by atoms with Gasteiger partial charge in [0.25, 0.3) is 11.8 Å². The van der Waals surface area contributed by atoms with E-state index >= 15 is 0 Å². The molecule has 4 aromatic rings. The number of carbonyl (C=O) groups is 2. The second kappa shape index (κ2) is 15.2. The molecular formula is C38H41N3O3. The summed E-state index contributed by atoms with van der Waals surface area (Å²) in [5, 5.41) is 3.06. The monoisotopic (exact) mass is 587 g/mol. The highest BCUT2D eigenvalue weighted by molar-refractivity contribution is 6.09. The number of ether oxygens (including phenoxy) is 1. The summed E-state index contributed by atoms with van der Waals surface area (Å²) >= 11 is 0. The van der Waals surface area contributed by atoms with Crippen LogP contribution in [0.1, 0.15) is 58.8 Å². The molecule has 226 valence electrons. The molecule has 1 aliphatic heterocycles. The lowest BCUT2D eigenvalue weighted by molar-refractivity contribution is -0.117. The van der Waals surface area contributed by atoms with Gasteiger partial charge in [-0.05, 0) is 73.3 Å². The summed E-state index contributed by atoms with van der Waals surface area (Å²) in [6.45, 7) is 8.22. The van der Waals surface area contributed by atoms with E-state index in [1.165, 1.54) is 5.56 Å². The molecule has 6 heteroatoms. The van der Waals surface area contributed by atoms with Gasteiger partial charge >= 0.3 is 0 Å². The molecule has 2 amide bonds. The smallest absolute Gasteiger partial charge is 0.294 e. The molecule has 0 radical (unpaired) electrons. The van der Waals surface area contributed by atoms with E-state index < -0.39 is 0 Å². The molecule has 1 aliphatic rings. The summed E-state index contributed by atoms with van der Waals surface area (Å²) in [6, 6.07) is 33.5. The number of nitrogens with one attached hydrogen (secondary N) is 1. The van der Waals surface area contributed by atoms with Crippen LogP contribution in [0.4, 0.5) is 5.69 Å². The Morgan fingerprint density at radius 2 is 1.59 bits per heavy atom. The van der Waals surface area contributed by atoms with E-state index in [1.807, 2.05) is 67.6 Å². The molecule has 4 aromatic carbocycles. The largest absolute Gasteiger partial charge is 0.449 e. The van der Waals surface area contributed by atoms with Gasteiger partial charge < -0.3 is 10.1 Å². The predicted octanol–water partition coefficient (Wildman–Crippen LogP) is 7.38. The zero-order valence-corrected chi connectivity index (χ0v) is 25.7. The number of carbonyl (C=O) groups excluding carboxylic acids is 2. The van der Waals surface area contributed by atoms with Gasteiger partial charge in [0.05, 0.1) is 12.2 Å². The van der Waals surface area contributed by atoms with Crippen LogP contribution in [0.25, 0.3) is 6.08 Å². The van der Waals surface area contributed by atoms with E-state index in [4.69, 9.17) is 4.74 Å². The van der Waals surface area contributed by atoms with Crippen LogP contribution in [0.15, 0.2) is 109 Å². The van der Waals surface area contributed by atoms with Gasteiger partial charge in [-0.2, -0.15) is 0 Å². The quantitative estimate of drug-likeness (QED) is 0.131. The zero-order chi connectivity index (χ0) is 30.7. The Morgan fingerprint density at radius 1 is 0.864 bits per heavy atom. The van der Waals surface area contributed by atoms with E-state index in [-0.39, 0.29) is 17.6 Å². The van der Waals surface area contributed by atoms with Crippen LogP contribution >= 0.6 is 0 Å². The highest BCUT2D eigenvalue weighted by Crippen LogP contribution is 2.36. The van der Waals surface area contributed by atoms with E-state index in [0.29, 0.717) is 24.4 Å². The van der Waals surface area contributed by atoms with Crippen LogP contribution in [-0.2, 0) is 17.9 Å². The van der Waals surface area contributed by atoms with Crippen molar-refractivity contribution in [3.05, 3.63) is 137 Å². The van der Waals surface area contributed by atoms with Gasteiger partial charge in [-0.1, -0.05) is 97.8 Å². The Morgan fingerprint density at radius 3 is 2.36 bits per heavy atom. The second-order valence-corrected chi connectivity index (χ2v) is 11.3. The minimum Gasteiger partial charge on any atom is -0.449 e. The minimum absolute atomic E-state index is 0.101. The summed E-state index contributed by atoms with van der Waals surface area (Å²) in [7, 11) is 0. The SMILES string of the molecule is CCCCN(CCCNC(=O)c1ccc(/C=C2/Oc3ccccc3N(Cc3cccc(C)c3)C2=O)cc1)Cc1ccccc1. The number of rotatable bonds is 13. The van der Waals surface area contributed by atoms with Crippen LogP contribution in [0.2, 0.25) is 0 Å². The molecule has 44 heavy (non-hydrogen) atoms. The third kappa shape index (κ3) is 8.23. The van der Waals surface area contributed by atoms with Crippen LogP contribution in [0, 0.1) is 6.92 Å². The van der Waals surface area contributed by atoms with Gasteiger partial charge in [0.15, 0.2) is 11.5 Å². The number of fused-ring (bicyclic) bond motifs is 1. The first-order valence-electron chi connectivity index (χ1n) is 15.5. The van der Waals surface area contributed by atoms with Gasteiger partial charge in [0, 0.05) is 25.2 Å². The minimum atomic E-state index is -0.202. The summed E-state index contributed by atoms with van der Waals surface area (Å²) in [5.74, 6) is 0.582. The van der Waals surface area contributed by atoms with Crippen molar-refractivity contribution in [3.8, 4) is 5.75 Å². The average molecular weight is 588 g/mol. The molecule has 0 aromatic heterocycles. The Hall–Kier alpha value is -4.68. The Labute approximate surface area is 261 Å². The zero-order valence-electron chi connectivity index (χ0n) is 25.7. The lowest BCUT2D eigenvalue weighted by Gasteiger charge is -2.30. The Bertz CT molecular complexity index is 1580. The van der Waals surface area contributed by atoms with Gasteiger partial charge in [-0.25, -0.2) is 0 Å². The average Bonchev–Trinajstić information content (AvgIpc) is 3.04. The van der Waals surface area contributed by atoms with Crippen molar-refractivity contribution in [2.45, 2.75) is 46.2 Å². The molecule has 0 spiro atoms. The highest BCUT2D eigenvalue weighted by Gasteiger charge is 2.30. The molecule has 0 saturated carbocycles. The molecule has 0 fully saturated rings. The highest BCUT2D eigenvalue weighted by atomic mass is 16.5. The fourth-order valence-electron chi connectivity index (χ4n) is 5.39. The predicted molar refractivity (Wildman–Crippen MR) is 177 cm³/mol. The molecule has 5 rings (SSSR count). The molecule has 0 aliphatic carbocycles. The Balaban J connectivity index is 1.19. The van der Waals surface area contributed by atoms with Crippen LogP contribution < -0.4 is 15.0 Å². The molecule has 0 atom stereocenters. The van der Waals surface area contributed by atoms with Crippen molar-refractivity contribution in [2.24, 2.45) is 0 Å². The van der Waals surface area contributed by atoms with Gasteiger partial charge in [0.2, 0.25) is 0 Å². The molecule has 0 bridgehead atoms. The maximum atomic E-state index is 13.6. The lowest BCUT2D eigenvalue weighted by atomic mass is 10.1. The van der Waals surface area contributed by atoms with Gasteiger partial charge in [-0.15, -0.1) is 0 Å². The topological polar surface area (TPSA) is 61.9 Å². The lowest BCUT2D eigenvalue weighted by Crippen LogP contribution is -2.36. The van der Waals surface area contributed by atoms with Crippen LogP contribution in [0.5, 0.6) is 5.75 Å². The van der Waals surface area contributed by atoms with Crippen molar-refractivity contribution in [3.63, 3.8) is 0 Å². The Kier molecular flexibility index (Phi) is 10.6. The van der Waals surface area contributed by atoms with Crippen molar-refractivity contribution >= 4 is 23.6 Å². The van der Waals surface area contributed by atoms with Crippen molar-refractivity contribution in [2.75, 3.05) is 24.5 Å². The summed E-state index contributed by atoms with van der Waals surface area (Å²) in [6.07, 6.45) is 4.94. The molecule has 1 heterocycles. The standard InChI is InChI=1S/C38H41N3O3/c1-3-4-23-40(27-31-13-6-5-7-14-31)24-11-22-39-37(42)33-20-18-30(19-21-33)26-36-38(43)41(28-32-15-10-12-29(2)25-32)34-16-8-9-17-35(34)44-36/h5-10,12-21,25-26H,3-4,11,22-24,27-28H2,1-2H3,(H,39,42)/b36-26+. The van der Waals surface area contributed by atoms with Crippen molar-refractivity contribution in [1.29, 1.82) is 0 Å². The summed E-state index contributed by atoms with van der Waals surface area (Å²) in [5.41, 5.74) is 5.62. The summed E-state index contributed by atoms with van der Waals surface area (Å²) in [4.78, 5) is 30.7. The van der Waals surface area contributed by atoms with Crippen molar-refractivity contribution < 1.29 is 14.3 Å². The number of unbranched alkanes of at least 4 members (excludes halogenated alkanes) is 1. The molecule has 0 unspecified atom stereocenters. The number of nitrogens with zero attached hydrogens (tertiary/aromatic N) is 2. The number of para-hydroxylation sites is 2. The van der Waals surface area contributed by atoms with E-state index in [9.17, 15) is 9.59 Å². The molecule has 6 nitrogen and oxygen atoms in total. The number of benzene rings is 4. The number of anilines is 1. The molecule has 1 N–H and O–H groups in total. The van der Waals surface area contributed by atoms with E-state index in [1.54, 1.807) is 23.1 Å². The number of aryl methyl sites for hydroxylation is 1. The summed E-state index contributed by atoms with van der Waals surface area (Å²) < 4.78 is 6.05. The van der Waals surface area contributed by atoms with Crippen molar-refractivity contribution in [1.82, 2.24) is 10.2 Å². The normalized spacial score (nSPS) is 13.6. The number of hydrogen-bond acceptors (Lipinski definition) is 4. The van der Waals surface area contributed by atoms with Gasteiger partial charge in [-0.3, -0.25) is 19.4 Å². The molecular weight excluding hydrogens is 546 g/mol. The van der Waals surface area contributed by atoms with Crippen LogP contribution in [-0.4, -0.2) is 36.3 Å². The number of hydrogen-bond donors (Lipinski definition) is 1. The van der Waals surface area contributed by atoms with Crippen LogP contribution in [0.3, 0.4) is 0 Å². The molecule has 0 saturated heterocycles. The fourth-order valence-corrected chi connectivity index (χ4v) is 5.39. The van der Waals surface area contributed by atoms with E-state index in [0.717, 1.165) is 61.3 Å². The first-order chi connectivity index (χ1) is 21.5. The second-order valence-electron chi connectivity index (χ2n) is 11.3.